The summed E-state index contributed by atoms with van der Waals surface area (Å²) in [6.07, 6.45) is 3.80. The fraction of sp³-hybridized carbons (Fsp3) is 0.300. The van der Waals surface area contributed by atoms with E-state index in [9.17, 15) is 0 Å². The van der Waals surface area contributed by atoms with Crippen molar-refractivity contribution < 1.29 is 0 Å². The van der Waals surface area contributed by atoms with E-state index in [0.29, 0.717) is 5.92 Å². The lowest BCUT2D eigenvalue weighted by Crippen LogP contribution is -1.89. The van der Waals surface area contributed by atoms with Crippen LogP contribution in [0.4, 0.5) is 0 Å². The molecule has 0 aliphatic rings. The number of nitrogens with zero attached hydrogens (tertiary/aromatic N) is 1. The average molecular weight is 160 g/mol. The summed E-state index contributed by atoms with van der Waals surface area (Å²) in [4.78, 5) is 7.46. The standard InChI is InChI=1S/C10H12N2/c1-7(2)8-3-5-11-9-4-6-12-10(8)9/h3-7,12H,1-2H3. The molecule has 0 spiro atoms. The van der Waals surface area contributed by atoms with Crippen molar-refractivity contribution >= 4 is 11.0 Å². The first-order chi connectivity index (χ1) is 5.79. The SMILES string of the molecule is CC(C)c1ccnc2cc[nH]c12. The van der Waals surface area contributed by atoms with Crippen LogP contribution in [0, 0.1) is 0 Å². The fourth-order valence-electron chi connectivity index (χ4n) is 1.46. The van der Waals surface area contributed by atoms with Gasteiger partial charge in [0.25, 0.3) is 0 Å². The first-order valence-corrected chi connectivity index (χ1v) is 4.21. The van der Waals surface area contributed by atoms with Crippen LogP contribution in [0.25, 0.3) is 11.0 Å². The smallest absolute Gasteiger partial charge is 0.0881 e. The highest BCUT2D eigenvalue weighted by Crippen LogP contribution is 2.21. The van der Waals surface area contributed by atoms with Crippen molar-refractivity contribution in [3.05, 3.63) is 30.1 Å². The summed E-state index contributed by atoms with van der Waals surface area (Å²) in [5.74, 6) is 0.550. The number of hydrogen-bond acceptors (Lipinski definition) is 1. The fourth-order valence-corrected chi connectivity index (χ4v) is 1.46. The molecule has 2 nitrogen and oxygen atoms in total. The van der Waals surface area contributed by atoms with Crippen molar-refractivity contribution in [2.45, 2.75) is 19.8 Å². The lowest BCUT2D eigenvalue weighted by Gasteiger charge is -2.05. The van der Waals surface area contributed by atoms with E-state index in [1.54, 1.807) is 0 Å². The highest BCUT2D eigenvalue weighted by molar-refractivity contribution is 5.78. The van der Waals surface area contributed by atoms with Crippen molar-refractivity contribution in [2.24, 2.45) is 0 Å². The van der Waals surface area contributed by atoms with Gasteiger partial charge < -0.3 is 4.98 Å². The van der Waals surface area contributed by atoms with Crippen LogP contribution in [-0.2, 0) is 0 Å². The normalized spacial score (nSPS) is 11.2. The van der Waals surface area contributed by atoms with Gasteiger partial charge in [-0.05, 0) is 23.6 Å². The lowest BCUT2D eigenvalue weighted by molar-refractivity contribution is 0.871. The molecule has 0 radical (unpaired) electrons. The van der Waals surface area contributed by atoms with E-state index in [1.165, 1.54) is 11.1 Å². The summed E-state index contributed by atoms with van der Waals surface area (Å²) in [6.45, 7) is 4.38. The maximum atomic E-state index is 4.25. The zero-order chi connectivity index (χ0) is 8.55. The Hall–Kier alpha value is -1.31. The van der Waals surface area contributed by atoms with Crippen LogP contribution in [0.1, 0.15) is 25.3 Å². The molecular formula is C10H12N2. The molecule has 2 heteroatoms. The first kappa shape index (κ1) is 7.35. The van der Waals surface area contributed by atoms with Gasteiger partial charge in [0.1, 0.15) is 0 Å². The topological polar surface area (TPSA) is 28.7 Å². The molecule has 1 N–H and O–H groups in total. The van der Waals surface area contributed by atoms with Gasteiger partial charge >= 0.3 is 0 Å². The molecule has 0 amide bonds. The van der Waals surface area contributed by atoms with E-state index >= 15 is 0 Å². The predicted molar refractivity (Wildman–Crippen MR) is 50.2 cm³/mol. The summed E-state index contributed by atoms with van der Waals surface area (Å²) in [5.41, 5.74) is 3.57. The van der Waals surface area contributed by atoms with Crippen molar-refractivity contribution in [2.75, 3.05) is 0 Å². The van der Waals surface area contributed by atoms with Crippen molar-refractivity contribution in [3.63, 3.8) is 0 Å². The van der Waals surface area contributed by atoms with E-state index in [4.69, 9.17) is 0 Å². The molecule has 12 heavy (non-hydrogen) atoms. The predicted octanol–water partition coefficient (Wildman–Crippen LogP) is 2.69. The second kappa shape index (κ2) is 2.63. The van der Waals surface area contributed by atoms with Crippen molar-refractivity contribution in [1.29, 1.82) is 0 Å². The number of aromatic amines is 1. The Balaban J connectivity index is 2.73. The second-order valence-corrected chi connectivity index (χ2v) is 3.29. The number of nitrogens with one attached hydrogen (secondary N) is 1. The van der Waals surface area contributed by atoms with E-state index in [0.717, 1.165) is 5.52 Å². The number of hydrogen-bond donors (Lipinski definition) is 1. The third-order valence-electron chi connectivity index (χ3n) is 2.10. The maximum absolute atomic E-state index is 4.25. The molecule has 62 valence electrons. The molecule has 0 aromatic carbocycles. The molecule has 0 atom stereocenters. The summed E-state index contributed by atoms with van der Waals surface area (Å²) >= 11 is 0. The Morgan fingerprint density at radius 3 is 2.92 bits per heavy atom. The molecule has 2 aromatic rings. The van der Waals surface area contributed by atoms with Gasteiger partial charge in [0.05, 0.1) is 11.0 Å². The van der Waals surface area contributed by atoms with Crippen LogP contribution in [0.15, 0.2) is 24.5 Å². The molecular weight excluding hydrogens is 148 g/mol. The van der Waals surface area contributed by atoms with Gasteiger partial charge in [-0.3, -0.25) is 4.98 Å². The largest absolute Gasteiger partial charge is 0.360 e. The number of fused-ring (bicyclic) bond motifs is 1. The van der Waals surface area contributed by atoms with Gasteiger partial charge in [0, 0.05) is 12.4 Å². The molecule has 2 aromatic heterocycles. The highest BCUT2D eigenvalue weighted by atomic mass is 14.8. The lowest BCUT2D eigenvalue weighted by atomic mass is 10.0. The van der Waals surface area contributed by atoms with Gasteiger partial charge in [-0.15, -0.1) is 0 Å². The minimum absolute atomic E-state index is 0.550. The molecule has 0 saturated carbocycles. The second-order valence-electron chi connectivity index (χ2n) is 3.29. The third-order valence-corrected chi connectivity index (χ3v) is 2.10. The van der Waals surface area contributed by atoms with Crippen LogP contribution >= 0.6 is 0 Å². The van der Waals surface area contributed by atoms with Crippen molar-refractivity contribution in [1.82, 2.24) is 9.97 Å². The number of H-pyrrole nitrogens is 1. The Morgan fingerprint density at radius 2 is 2.17 bits per heavy atom. The van der Waals surface area contributed by atoms with E-state index in [-0.39, 0.29) is 0 Å². The van der Waals surface area contributed by atoms with Gasteiger partial charge in [-0.25, -0.2) is 0 Å². The van der Waals surface area contributed by atoms with E-state index in [2.05, 4.69) is 29.9 Å². The van der Waals surface area contributed by atoms with Crippen molar-refractivity contribution in [3.8, 4) is 0 Å². The van der Waals surface area contributed by atoms with Gasteiger partial charge in [0.15, 0.2) is 0 Å². The van der Waals surface area contributed by atoms with Gasteiger partial charge in [-0.1, -0.05) is 13.8 Å². The molecule has 0 unspecified atom stereocenters. The maximum Gasteiger partial charge on any atom is 0.0881 e. The minimum atomic E-state index is 0.550. The van der Waals surface area contributed by atoms with Crippen LogP contribution in [0.5, 0.6) is 0 Å². The summed E-state index contributed by atoms with van der Waals surface area (Å²) < 4.78 is 0. The molecule has 0 aliphatic heterocycles. The molecule has 0 fully saturated rings. The first-order valence-electron chi connectivity index (χ1n) is 4.21. The molecule has 2 rings (SSSR count). The van der Waals surface area contributed by atoms with Crippen LogP contribution in [0.2, 0.25) is 0 Å². The monoisotopic (exact) mass is 160 g/mol. The zero-order valence-electron chi connectivity index (χ0n) is 7.33. The molecule has 0 aliphatic carbocycles. The average Bonchev–Trinajstić information content (AvgIpc) is 2.49. The van der Waals surface area contributed by atoms with Gasteiger partial charge in [0.2, 0.25) is 0 Å². The molecule has 0 bridgehead atoms. The van der Waals surface area contributed by atoms with E-state index in [1.807, 2.05) is 18.5 Å². The van der Waals surface area contributed by atoms with Crippen LogP contribution in [-0.4, -0.2) is 9.97 Å². The van der Waals surface area contributed by atoms with Crippen LogP contribution < -0.4 is 0 Å². The minimum Gasteiger partial charge on any atom is -0.360 e. The molecule has 2 heterocycles. The van der Waals surface area contributed by atoms with E-state index < -0.39 is 0 Å². The third kappa shape index (κ3) is 0.998. The van der Waals surface area contributed by atoms with Gasteiger partial charge in [-0.2, -0.15) is 0 Å². The quantitative estimate of drug-likeness (QED) is 0.682. The summed E-state index contributed by atoms with van der Waals surface area (Å²) in [5, 5.41) is 0. The molecule has 0 saturated heterocycles. The number of rotatable bonds is 1. The van der Waals surface area contributed by atoms with Crippen LogP contribution in [0.3, 0.4) is 0 Å². The Labute approximate surface area is 71.6 Å². The Kier molecular flexibility index (Phi) is 1.61. The Bertz CT molecular complexity index is 387. The highest BCUT2D eigenvalue weighted by Gasteiger charge is 2.05. The summed E-state index contributed by atoms with van der Waals surface area (Å²) in [7, 11) is 0. The zero-order valence-corrected chi connectivity index (χ0v) is 7.33. The number of aromatic nitrogens is 2. The summed E-state index contributed by atoms with van der Waals surface area (Å²) in [6, 6.07) is 4.07. The number of pyridine rings is 1. The Morgan fingerprint density at radius 1 is 1.33 bits per heavy atom.